The number of rotatable bonds is 6. The van der Waals surface area contributed by atoms with Gasteiger partial charge in [-0.3, -0.25) is 19.2 Å². The molecule has 0 radical (unpaired) electrons. The van der Waals surface area contributed by atoms with Crippen LogP contribution in [-0.4, -0.2) is 34.6 Å². The van der Waals surface area contributed by atoms with Gasteiger partial charge in [-0.25, -0.2) is 4.90 Å². The standard InChI is InChI=1S/C24H26N2O6/c1-16(27)32-19-11-9-18(10-12-19)26-22(28)14-21(24(26)30)25(15-20-8-5-13-31-20)23(29)17-6-3-2-4-7-17/h5,8-13,17,21H,2-4,6-7,14-15H2,1H3. The maximum Gasteiger partial charge on any atom is 0.308 e. The Balaban J connectivity index is 1.57. The number of carbonyl (C=O) groups is 4. The first kappa shape index (κ1) is 21.8. The van der Waals surface area contributed by atoms with Gasteiger partial charge in [0, 0.05) is 12.8 Å². The topological polar surface area (TPSA) is 97.1 Å². The molecule has 4 rings (SSSR count). The van der Waals surface area contributed by atoms with Crippen molar-refractivity contribution in [3.8, 4) is 5.75 Å². The van der Waals surface area contributed by atoms with Crippen LogP contribution in [0.3, 0.4) is 0 Å². The number of furan rings is 1. The Kier molecular flexibility index (Phi) is 6.39. The van der Waals surface area contributed by atoms with Gasteiger partial charge in [0.2, 0.25) is 11.8 Å². The average molecular weight is 438 g/mol. The molecule has 2 aromatic rings. The van der Waals surface area contributed by atoms with Crippen LogP contribution >= 0.6 is 0 Å². The van der Waals surface area contributed by atoms with Gasteiger partial charge in [-0.15, -0.1) is 0 Å². The van der Waals surface area contributed by atoms with Crippen LogP contribution in [0.4, 0.5) is 5.69 Å². The Bertz CT molecular complexity index is 992. The summed E-state index contributed by atoms with van der Waals surface area (Å²) >= 11 is 0. The highest BCUT2D eigenvalue weighted by Crippen LogP contribution is 2.32. The van der Waals surface area contributed by atoms with E-state index in [1.165, 1.54) is 30.2 Å². The quantitative estimate of drug-likeness (QED) is 0.389. The number of hydrogen-bond donors (Lipinski definition) is 0. The zero-order valence-electron chi connectivity index (χ0n) is 18.0. The van der Waals surface area contributed by atoms with Crippen LogP contribution < -0.4 is 9.64 Å². The highest BCUT2D eigenvalue weighted by molar-refractivity contribution is 6.23. The minimum absolute atomic E-state index is 0.0797. The van der Waals surface area contributed by atoms with Crippen LogP contribution in [0.5, 0.6) is 5.75 Å². The molecule has 168 valence electrons. The third kappa shape index (κ3) is 4.59. The molecule has 1 aromatic heterocycles. The monoisotopic (exact) mass is 438 g/mol. The third-order valence-corrected chi connectivity index (χ3v) is 6.00. The molecule has 2 fully saturated rings. The number of hydrogen-bond acceptors (Lipinski definition) is 6. The molecular weight excluding hydrogens is 412 g/mol. The Hall–Kier alpha value is -3.42. The van der Waals surface area contributed by atoms with E-state index in [2.05, 4.69) is 0 Å². The molecule has 8 nitrogen and oxygen atoms in total. The predicted octanol–water partition coefficient (Wildman–Crippen LogP) is 3.45. The lowest BCUT2D eigenvalue weighted by atomic mass is 9.88. The maximum atomic E-state index is 13.4. The minimum atomic E-state index is -0.879. The van der Waals surface area contributed by atoms with Crippen LogP contribution in [0.25, 0.3) is 0 Å². The van der Waals surface area contributed by atoms with Gasteiger partial charge in [0.15, 0.2) is 0 Å². The summed E-state index contributed by atoms with van der Waals surface area (Å²) in [6.07, 6.45) is 6.13. The number of ether oxygens (including phenoxy) is 1. The molecule has 0 spiro atoms. The van der Waals surface area contributed by atoms with Crippen molar-refractivity contribution in [3.63, 3.8) is 0 Å². The molecule has 8 heteroatoms. The zero-order chi connectivity index (χ0) is 22.7. The Morgan fingerprint density at radius 2 is 1.81 bits per heavy atom. The van der Waals surface area contributed by atoms with Crippen LogP contribution in [0.1, 0.15) is 51.2 Å². The SMILES string of the molecule is CC(=O)Oc1ccc(N2C(=O)CC(N(Cc3ccco3)C(=O)C3CCCCC3)C2=O)cc1. The third-order valence-electron chi connectivity index (χ3n) is 6.00. The van der Waals surface area contributed by atoms with E-state index in [9.17, 15) is 19.2 Å². The van der Waals surface area contributed by atoms with E-state index < -0.39 is 17.9 Å². The van der Waals surface area contributed by atoms with Gasteiger partial charge in [0.05, 0.1) is 24.9 Å². The fourth-order valence-electron chi connectivity index (χ4n) is 4.46. The van der Waals surface area contributed by atoms with Crippen LogP contribution in [0.15, 0.2) is 47.1 Å². The van der Waals surface area contributed by atoms with Crippen molar-refractivity contribution in [3.05, 3.63) is 48.4 Å². The molecule has 1 aliphatic carbocycles. The second-order valence-electron chi connectivity index (χ2n) is 8.26. The summed E-state index contributed by atoms with van der Waals surface area (Å²) < 4.78 is 10.4. The van der Waals surface area contributed by atoms with E-state index in [0.717, 1.165) is 37.0 Å². The molecule has 1 saturated carbocycles. The number of carbonyl (C=O) groups excluding carboxylic acids is 4. The van der Waals surface area contributed by atoms with Gasteiger partial charge in [-0.1, -0.05) is 19.3 Å². The lowest BCUT2D eigenvalue weighted by molar-refractivity contribution is -0.143. The summed E-state index contributed by atoms with van der Waals surface area (Å²) in [4.78, 5) is 53.3. The maximum absolute atomic E-state index is 13.4. The van der Waals surface area contributed by atoms with Crippen LogP contribution in [-0.2, 0) is 25.7 Å². The lowest BCUT2D eigenvalue weighted by Gasteiger charge is -2.32. The number of nitrogens with zero attached hydrogens (tertiary/aromatic N) is 2. The van der Waals surface area contributed by atoms with Crippen molar-refractivity contribution >= 4 is 29.4 Å². The van der Waals surface area contributed by atoms with Crippen molar-refractivity contribution in [2.75, 3.05) is 4.90 Å². The number of esters is 1. The fourth-order valence-corrected chi connectivity index (χ4v) is 4.46. The van der Waals surface area contributed by atoms with Gasteiger partial charge >= 0.3 is 5.97 Å². The first-order valence-corrected chi connectivity index (χ1v) is 10.9. The van der Waals surface area contributed by atoms with E-state index in [1.54, 1.807) is 24.3 Å². The molecule has 3 amide bonds. The molecule has 1 atom stereocenters. The van der Waals surface area contributed by atoms with Gasteiger partial charge in [0.1, 0.15) is 17.6 Å². The van der Waals surface area contributed by atoms with Crippen LogP contribution in [0, 0.1) is 5.92 Å². The van der Waals surface area contributed by atoms with E-state index in [1.807, 2.05) is 0 Å². The van der Waals surface area contributed by atoms with Crippen molar-refractivity contribution in [1.29, 1.82) is 0 Å². The van der Waals surface area contributed by atoms with Crippen molar-refractivity contribution in [2.24, 2.45) is 5.92 Å². The Labute approximate surface area is 186 Å². The van der Waals surface area contributed by atoms with E-state index >= 15 is 0 Å². The zero-order valence-corrected chi connectivity index (χ0v) is 18.0. The number of amides is 3. The van der Waals surface area contributed by atoms with Crippen molar-refractivity contribution < 1.29 is 28.3 Å². The van der Waals surface area contributed by atoms with Gasteiger partial charge in [-0.2, -0.15) is 0 Å². The summed E-state index contributed by atoms with van der Waals surface area (Å²) in [6, 6.07) is 8.77. The van der Waals surface area contributed by atoms with E-state index in [4.69, 9.17) is 9.15 Å². The van der Waals surface area contributed by atoms with Crippen molar-refractivity contribution in [2.45, 2.75) is 58.0 Å². The molecule has 32 heavy (non-hydrogen) atoms. The van der Waals surface area contributed by atoms with Gasteiger partial charge in [0.25, 0.3) is 5.91 Å². The molecule has 0 bridgehead atoms. The molecule has 0 N–H and O–H groups in total. The number of benzene rings is 1. The van der Waals surface area contributed by atoms with Crippen LogP contribution in [0.2, 0.25) is 0 Å². The van der Waals surface area contributed by atoms with E-state index in [-0.39, 0.29) is 30.7 Å². The molecule has 2 aliphatic rings. The van der Waals surface area contributed by atoms with Gasteiger partial charge < -0.3 is 14.1 Å². The smallest absolute Gasteiger partial charge is 0.308 e. The summed E-state index contributed by atoms with van der Waals surface area (Å²) in [5.41, 5.74) is 0.376. The molecular formula is C24H26N2O6. The summed E-state index contributed by atoms with van der Waals surface area (Å²) in [5.74, 6) is -0.617. The number of imide groups is 1. The highest BCUT2D eigenvalue weighted by Gasteiger charge is 2.45. The minimum Gasteiger partial charge on any atom is -0.467 e. The summed E-state index contributed by atoms with van der Waals surface area (Å²) in [7, 11) is 0. The predicted molar refractivity (Wildman–Crippen MR) is 114 cm³/mol. The Morgan fingerprint density at radius 1 is 1.09 bits per heavy atom. The first-order chi connectivity index (χ1) is 15.4. The normalized spacial score (nSPS) is 19.3. The lowest BCUT2D eigenvalue weighted by Crippen LogP contribution is -2.47. The largest absolute Gasteiger partial charge is 0.467 e. The van der Waals surface area contributed by atoms with Crippen molar-refractivity contribution in [1.82, 2.24) is 4.90 Å². The molecule has 1 aliphatic heterocycles. The molecule has 1 aromatic carbocycles. The Morgan fingerprint density at radius 3 is 2.44 bits per heavy atom. The number of anilines is 1. The van der Waals surface area contributed by atoms with Gasteiger partial charge in [-0.05, 0) is 49.2 Å². The average Bonchev–Trinajstić information content (AvgIpc) is 3.40. The highest BCUT2D eigenvalue weighted by atomic mass is 16.5. The summed E-state index contributed by atoms with van der Waals surface area (Å²) in [6.45, 7) is 1.44. The summed E-state index contributed by atoms with van der Waals surface area (Å²) in [5, 5.41) is 0. The first-order valence-electron chi connectivity index (χ1n) is 10.9. The molecule has 1 unspecified atom stereocenters. The van der Waals surface area contributed by atoms with E-state index in [0.29, 0.717) is 17.2 Å². The second-order valence-corrected chi connectivity index (χ2v) is 8.26. The molecule has 2 heterocycles. The fraction of sp³-hybridized carbons (Fsp3) is 0.417. The second kappa shape index (κ2) is 9.38. The molecule has 1 saturated heterocycles.